The van der Waals surface area contributed by atoms with Gasteiger partial charge in [0, 0.05) is 23.9 Å². The van der Waals surface area contributed by atoms with Crippen LogP contribution in [-0.2, 0) is 10.2 Å². The highest BCUT2D eigenvalue weighted by atomic mass is 35.5. The minimum Gasteiger partial charge on any atom is -0.396 e. The summed E-state index contributed by atoms with van der Waals surface area (Å²) < 4.78 is 0. The quantitative estimate of drug-likeness (QED) is 0.725. The van der Waals surface area contributed by atoms with Gasteiger partial charge in [-0.1, -0.05) is 23.7 Å². The van der Waals surface area contributed by atoms with E-state index in [1.165, 1.54) is 0 Å². The lowest BCUT2D eigenvalue weighted by Crippen LogP contribution is -2.36. The Labute approximate surface area is 129 Å². The van der Waals surface area contributed by atoms with Crippen LogP contribution in [0.1, 0.15) is 24.8 Å². The second kappa shape index (κ2) is 7.34. The van der Waals surface area contributed by atoms with Crippen LogP contribution in [0.2, 0.25) is 5.02 Å². The minimum atomic E-state index is -0.347. The summed E-state index contributed by atoms with van der Waals surface area (Å²) in [6.07, 6.45) is 2.61. The van der Waals surface area contributed by atoms with Gasteiger partial charge >= 0.3 is 0 Å². The van der Waals surface area contributed by atoms with Crippen LogP contribution >= 0.6 is 23.4 Å². The number of hydrogen-bond donors (Lipinski definition) is 2. The van der Waals surface area contributed by atoms with Crippen LogP contribution in [0.25, 0.3) is 0 Å². The first-order valence-corrected chi connectivity index (χ1v) is 8.45. The van der Waals surface area contributed by atoms with Crippen molar-refractivity contribution in [1.29, 1.82) is 0 Å². The van der Waals surface area contributed by atoms with E-state index < -0.39 is 0 Å². The van der Waals surface area contributed by atoms with E-state index in [1.807, 2.05) is 24.3 Å². The molecule has 110 valence electrons. The van der Waals surface area contributed by atoms with E-state index >= 15 is 0 Å². The van der Waals surface area contributed by atoms with Gasteiger partial charge in [0.05, 0.1) is 5.41 Å². The predicted octanol–water partition coefficient (Wildman–Crippen LogP) is 2.60. The zero-order chi connectivity index (χ0) is 14.4. The van der Waals surface area contributed by atoms with E-state index in [9.17, 15) is 4.79 Å². The average Bonchev–Trinajstić information content (AvgIpc) is 3.24. The third-order valence-corrected chi connectivity index (χ3v) is 4.85. The summed E-state index contributed by atoms with van der Waals surface area (Å²) in [4.78, 5) is 12.3. The van der Waals surface area contributed by atoms with Crippen molar-refractivity contribution in [3.05, 3.63) is 34.9 Å². The molecule has 0 radical (unpaired) electrons. The van der Waals surface area contributed by atoms with Gasteiger partial charge in [-0.2, -0.15) is 11.8 Å². The number of hydrogen-bond acceptors (Lipinski definition) is 3. The monoisotopic (exact) mass is 313 g/mol. The molecule has 1 amide bonds. The average molecular weight is 314 g/mol. The second-order valence-corrected chi connectivity index (χ2v) is 6.70. The van der Waals surface area contributed by atoms with Gasteiger partial charge in [-0.15, -0.1) is 0 Å². The summed E-state index contributed by atoms with van der Waals surface area (Å²) >= 11 is 7.76. The van der Waals surface area contributed by atoms with Gasteiger partial charge in [-0.25, -0.2) is 0 Å². The number of rotatable bonds is 8. The van der Waals surface area contributed by atoms with Gasteiger partial charge in [0.1, 0.15) is 0 Å². The molecule has 1 aromatic carbocycles. The number of nitrogens with one attached hydrogen (secondary N) is 1. The summed E-state index contributed by atoms with van der Waals surface area (Å²) in [5, 5.41) is 12.4. The lowest BCUT2D eigenvalue weighted by Gasteiger charge is -2.16. The molecule has 1 aromatic rings. The highest BCUT2D eigenvalue weighted by Crippen LogP contribution is 2.48. The van der Waals surface area contributed by atoms with E-state index in [0.29, 0.717) is 11.6 Å². The maximum absolute atomic E-state index is 12.3. The number of aliphatic hydroxyl groups is 1. The van der Waals surface area contributed by atoms with Crippen molar-refractivity contribution in [2.45, 2.75) is 24.7 Å². The van der Waals surface area contributed by atoms with Crippen LogP contribution in [0.15, 0.2) is 24.3 Å². The molecule has 20 heavy (non-hydrogen) atoms. The lowest BCUT2D eigenvalue weighted by molar-refractivity contribution is -0.123. The molecule has 1 fully saturated rings. The SMILES string of the molecule is O=C(NCCSCCCO)C1(c2cccc(Cl)c2)CC1. The molecule has 0 unspecified atom stereocenters. The Hall–Kier alpha value is -0.710. The van der Waals surface area contributed by atoms with Crippen LogP contribution in [0.4, 0.5) is 0 Å². The van der Waals surface area contributed by atoms with Crippen molar-refractivity contribution < 1.29 is 9.90 Å². The molecular weight excluding hydrogens is 294 g/mol. The third-order valence-electron chi connectivity index (χ3n) is 3.54. The molecule has 1 aliphatic rings. The fourth-order valence-electron chi connectivity index (χ4n) is 2.23. The zero-order valence-electron chi connectivity index (χ0n) is 11.4. The van der Waals surface area contributed by atoms with Crippen LogP contribution in [0, 0.1) is 0 Å². The molecule has 0 spiro atoms. The molecule has 3 nitrogen and oxygen atoms in total. The fourth-order valence-corrected chi connectivity index (χ4v) is 3.21. The molecule has 2 rings (SSSR count). The summed E-state index contributed by atoms with van der Waals surface area (Å²) in [6, 6.07) is 7.60. The normalized spacial score (nSPS) is 15.9. The maximum atomic E-state index is 12.3. The summed E-state index contributed by atoms with van der Waals surface area (Å²) in [7, 11) is 0. The number of amides is 1. The molecule has 0 aliphatic heterocycles. The molecule has 0 heterocycles. The topological polar surface area (TPSA) is 49.3 Å². The van der Waals surface area contributed by atoms with E-state index in [4.69, 9.17) is 16.7 Å². The maximum Gasteiger partial charge on any atom is 0.230 e. The Morgan fingerprint density at radius 2 is 2.20 bits per heavy atom. The van der Waals surface area contributed by atoms with Crippen molar-refractivity contribution >= 4 is 29.3 Å². The smallest absolute Gasteiger partial charge is 0.230 e. The largest absolute Gasteiger partial charge is 0.396 e. The van der Waals surface area contributed by atoms with Gasteiger partial charge in [-0.05, 0) is 42.7 Å². The van der Waals surface area contributed by atoms with Gasteiger partial charge in [-0.3, -0.25) is 4.79 Å². The van der Waals surface area contributed by atoms with Gasteiger partial charge < -0.3 is 10.4 Å². The molecule has 1 saturated carbocycles. The predicted molar refractivity (Wildman–Crippen MR) is 84.4 cm³/mol. The number of thioether (sulfide) groups is 1. The molecule has 0 bridgehead atoms. The van der Waals surface area contributed by atoms with E-state index in [-0.39, 0.29) is 17.9 Å². The van der Waals surface area contributed by atoms with E-state index in [2.05, 4.69) is 5.32 Å². The summed E-state index contributed by atoms with van der Waals surface area (Å²) in [6.45, 7) is 0.911. The Morgan fingerprint density at radius 3 is 2.85 bits per heavy atom. The molecule has 0 atom stereocenters. The molecular formula is C15H20ClNO2S. The second-order valence-electron chi connectivity index (χ2n) is 5.04. The van der Waals surface area contributed by atoms with Gasteiger partial charge in [0.25, 0.3) is 0 Å². The fraction of sp³-hybridized carbons (Fsp3) is 0.533. The van der Waals surface area contributed by atoms with Crippen molar-refractivity contribution in [3.8, 4) is 0 Å². The van der Waals surface area contributed by atoms with Gasteiger partial charge in [0.2, 0.25) is 5.91 Å². The van der Waals surface area contributed by atoms with E-state index in [0.717, 1.165) is 36.3 Å². The first-order valence-electron chi connectivity index (χ1n) is 6.92. The van der Waals surface area contributed by atoms with Crippen molar-refractivity contribution in [2.24, 2.45) is 0 Å². The lowest BCUT2D eigenvalue weighted by atomic mass is 9.95. The van der Waals surface area contributed by atoms with Crippen LogP contribution in [0.5, 0.6) is 0 Å². The molecule has 5 heteroatoms. The molecule has 2 N–H and O–H groups in total. The summed E-state index contributed by atoms with van der Waals surface area (Å²) in [5.74, 6) is 1.94. The number of benzene rings is 1. The van der Waals surface area contributed by atoms with Crippen molar-refractivity contribution in [2.75, 3.05) is 24.7 Å². The van der Waals surface area contributed by atoms with Crippen LogP contribution in [0.3, 0.4) is 0 Å². The Bertz CT molecular complexity index is 463. The highest BCUT2D eigenvalue weighted by molar-refractivity contribution is 7.99. The Kier molecular flexibility index (Phi) is 5.75. The zero-order valence-corrected chi connectivity index (χ0v) is 13.0. The number of aliphatic hydroxyl groups excluding tert-OH is 1. The van der Waals surface area contributed by atoms with Gasteiger partial charge in [0.15, 0.2) is 0 Å². The number of carbonyl (C=O) groups is 1. The standard InChI is InChI=1S/C15H20ClNO2S/c16-13-4-1-3-12(11-13)15(5-6-15)14(19)17-7-10-20-9-2-8-18/h1,3-4,11,18H,2,5-10H2,(H,17,19). The molecule has 1 aliphatic carbocycles. The third kappa shape index (κ3) is 3.90. The highest BCUT2D eigenvalue weighted by Gasteiger charge is 2.51. The summed E-state index contributed by atoms with van der Waals surface area (Å²) in [5.41, 5.74) is 0.677. The molecule has 0 aromatic heterocycles. The minimum absolute atomic E-state index is 0.113. The number of carbonyl (C=O) groups excluding carboxylic acids is 1. The van der Waals surface area contributed by atoms with E-state index in [1.54, 1.807) is 11.8 Å². The van der Waals surface area contributed by atoms with Crippen molar-refractivity contribution in [3.63, 3.8) is 0 Å². The Morgan fingerprint density at radius 1 is 1.40 bits per heavy atom. The Balaban J connectivity index is 1.80. The first kappa shape index (κ1) is 15.7. The number of halogens is 1. The van der Waals surface area contributed by atoms with Crippen molar-refractivity contribution in [1.82, 2.24) is 5.32 Å². The molecule has 0 saturated heterocycles. The first-order chi connectivity index (χ1) is 9.69. The van der Waals surface area contributed by atoms with Crippen LogP contribution < -0.4 is 5.32 Å². The van der Waals surface area contributed by atoms with Crippen LogP contribution in [-0.4, -0.2) is 35.7 Å².